The van der Waals surface area contributed by atoms with E-state index in [1.54, 1.807) is 6.07 Å². The van der Waals surface area contributed by atoms with Gasteiger partial charge in [0.25, 0.3) is 0 Å². The van der Waals surface area contributed by atoms with Crippen LogP contribution in [0.4, 0.5) is 8.78 Å². The highest BCUT2D eigenvalue weighted by Crippen LogP contribution is 2.36. The summed E-state index contributed by atoms with van der Waals surface area (Å²) in [6, 6.07) is 9.06. The van der Waals surface area contributed by atoms with Gasteiger partial charge in [0.2, 0.25) is 0 Å². The van der Waals surface area contributed by atoms with Gasteiger partial charge in [-0.1, -0.05) is 13.0 Å². The normalized spacial score (nSPS) is 16.6. The molecule has 4 heteroatoms. The van der Waals surface area contributed by atoms with Crippen LogP contribution in [0.5, 0.6) is 11.5 Å². The number of ether oxygens (including phenoxy) is 2. The van der Waals surface area contributed by atoms with Crippen molar-refractivity contribution >= 4 is 0 Å². The van der Waals surface area contributed by atoms with Gasteiger partial charge in [-0.2, -0.15) is 0 Å². The lowest BCUT2D eigenvalue weighted by Crippen LogP contribution is -1.99. The average Bonchev–Trinajstić information content (AvgIpc) is 2.79. The lowest BCUT2D eigenvalue weighted by molar-refractivity contribution is 0.295. The molecule has 1 heterocycles. The summed E-state index contributed by atoms with van der Waals surface area (Å²) in [6.07, 6.45) is 0. The van der Waals surface area contributed by atoms with Crippen LogP contribution in [0, 0.1) is 11.6 Å². The molecule has 0 spiro atoms. The number of hydrogen-bond donors (Lipinski definition) is 0. The fourth-order valence-electron chi connectivity index (χ4n) is 2.24. The molecule has 2 aromatic carbocycles. The Morgan fingerprint density at radius 3 is 2.85 bits per heavy atom. The quantitative estimate of drug-likeness (QED) is 0.842. The minimum Gasteiger partial charge on any atom is -0.493 e. The van der Waals surface area contributed by atoms with E-state index < -0.39 is 11.6 Å². The summed E-state index contributed by atoms with van der Waals surface area (Å²) in [7, 11) is 0. The van der Waals surface area contributed by atoms with Crippen molar-refractivity contribution in [2.24, 2.45) is 0 Å². The molecule has 2 aromatic rings. The average molecular weight is 276 g/mol. The molecule has 1 aliphatic heterocycles. The molecule has 0 aromatic heterocycles. The number of benzene rings is 2. The van der Waals surface area contributed by atoms with Gasteiger partial charge in [0.05, 0.1) is 6.61 Å². The van der Waals surface area contributed by atoms with Crippen molar-refractivity contribution < 1.29 is 18.3 Å². The smallest absolute Gasteiger partial charge is 0.132 e. The van der Waals surface area contributed by atoms with Gasteiger partial charge in [-0.05, 0) is 18.2 Å². The van der Waals surface area contributed by atoms with Gasteiger partial charge in [0, 0.05) is 29.2 Å². The molecular weight excluding hydrogens is 262 g/mol. The fourth-order valence-corrected chi connectivity index (χ4v) is 2.24. The molecule has 104 valence electrons. The van der Waals surface area contributed by atoms with E-state index in [1.807, 2.05) is 12.1 Å². The first-order chi connectivity index (χ1) is 9.63. The van der Waals surface area contributed by atoms with Crippen LogP contribution in [0.3, 0.4) is 0 Å². The topological polar surface area (TPSA) is 18.5 Å². The van der Waals surface area contributed by atoms with Crippen molar-refractivity contribution in [2.45, 2.75) is 19.4 Å². The van der Waals surface area contributed by atoms with Crippen LogP contribution >= 0.6 is 0 Å². The molecule has 0 aliphatic carbocycles. The first-order valence-electron chi connectivity index (χ1n) is 6.47. The predicted octanol–water partition coefficient (Wildman–Crippen LogP) is 4.04. The van der Waals surface area contributed by atoms with E-state index in [2.05, 4.69) is 6.92 Å². The highest BCUT2D eigenvalue weighted by molar-refractivity contribution is 5.45. The Kier molecular flexibility index (Phi) is 3.30. The molecule has 0 saturated carbocycles. The van der Waals surface area contributed by atoms with E-state index in [0.717, 1.165) is 17.4 Å². The monoisotopic (exact) mass is 276 g/mol. The van der Waals surface area contributed by atoms with Crippen molar-refractivity contribution in [3.8, 4) is 11.5 Å². The SMILES string of the molecule is C[C@@H]1COc2cc(OCc3ccc(F)cc3F)ccc21. The zero-order chi connectivity index (χ0) is 14.1. The second-order valence-corrected chi connectivity index (χ2v) is 4.94. The third-order valence-corrected chi connectivity index (χ3v) is 3.41. The molecule has 0 radical (unpaired) electrons. The van der Waals surface area contributed by atoms with Gasteiger partial charge in [-0.25, -0.2) is 8.78 Å². The number of halogens is 2. The van der Waals surface area contributed by atoms with E-state index in [0.29, 0.717) is 23.8 Å². The molecule has 0 unspecified atom stereocenters. The number of fused-ring (bicyclic) bond motifs is 1. The van der Waals surface area contributed by atoms with E-state index in [-0.39, 0.29) is 6.61 Å². The molecule has 20 heavy (non-hydrogen) atoms. The molecule has 0 fully saturated rings. The van der Waals surface area contributed by atoms with E-state index in [4.69, 9.17) is 9.47 Å². The van der Waals surface area contributed by atoms with E-state index >= 15 is 0 Å². The summed E-state index contributed by atoms with van der Waals surface area (Å²) in [4.78, 5) is 0. The summed E-state index contributed by atoms with van der Waals surface area (Å²) in [5.74, 6) is 0.618. The molecule has 1 aliphatic rings. The van der Waals surface area contributed by atoms with Crippen LogP contribution in [0.15, 0.2) is 36.4 Å². The molecule has 0 bridgehead atoms. The van der Waals surface area contributed by atoms with Gasteiger partial charge in [0.1, 0.15) is 29.7 Å². The Hall–Kier alpha value is -2.10. The third kappa shape index (κ3) is 2.46. The van der Waals surface area contributed by atoms with Gasteiger partial charge < -0.3 is 9.47 Å². The Bertz CT molecular complexity index is 640. The summed E-state index contributed by atoms with van der Waals surface area (Å²) in [6.45, 7) is 2.83. The van der Waals surface area contributed by atoms with Crippen LogP contribution in [0.25, 0.3) is 0 Å². The van der Waals surface area contributed by atoms with Gasteiger partial charge in [-0.15, -0.1) is 0 Å². The third-order valence-electron chi connectivity index (χ3n) is 3.41. The van der Waals surface area contributed by atoms with Crippen LogP contribution in [-0.4, -0.2) is 6.61 Å². The summed E-state index contributed by atoms with van der Waals surface area (Å²) >= 11 is 0. The summed E-state index contributed by atoms with van der Waals surface area (Å²) in [5, 5.41) is 0. The van der Waals surface area contributed by atoms with Crippen LogP contribution in [0.2, 0.25) is 0 Å². The molecular formula is C16H14F2O2. The largest absolute Gasteiger partial charge is 0.493 e. The van der Waals surface area contributed by atoms with Crippen molar-refractivity contribution in [3.63, 3.8) is 0 Å². The maximum atomic E-state index is 13.5. The predicted molar refractivity (Wildman–Crippen MR) is 71.0 cm³/mol. The Morgan fingerprint density at radius 2 is 2.05 bits per heavy atom. The zero-order valence-electron chi connectivity index (χ0n) is 11.0. The highest BCUT2D eigenvalue weighted by Gasteiger charge is 2.20. The maximum Gasteiger partial charge on any atom is 0.132 e. The van der Waals surface area contributed by atoms with Crippen molar-refractivity contribution in [1.29, 1.82) is 0 Å². The van der Waals surface area contributed by atoms with Crippen molar-refractivity contribution in [2.75, 3.05) is 6.61 Å². The number of hydrogen-bond acceptors (Lipinski definition) is 2. The van der Waals surface area contributed by atoms with Crippen LogP contribution < -0.4 is 9.47 Å². The zero-order valence-corrected chi connectivity index (χ0v) is 11.0. The Balaban J connectivity index is 1.73. The van der Waals surface area contributed by atoms with Gasteiger partial charge >= 0.3 is 0 Å². The summed E-state index contributed by atoms with van der Waals surface area (Å²) < 4.78 is 37.3. The first-order valence-corrected chi connectivity index (χ1v) is 6.47. The molecule has 2 nitrogen and oxygen atoms in total. The van der Waals surface area contributed by atoms with Gasteiger partial charge in [-0.3, -0.25) is 0 Å². The first kappa shape index (κ1) is 12.9. The summed E-state index contributed by atoms with van der Waals surface area (Å²) in [5.41, 5.74) is 1.48. The highest BCUT2D eigenvalue weighted by atomic mass is 19.1. The van der Waals surface area contributed by atoms with E-state index in [9.17, 15) is 8.78 Å². The van der Waals surface area contributed by atoms with Gasteiger partial charge in [0.15, 0.2) is 0 Å². The Morgan fingerprint density at radius 1 is 1.20 bits per heavy atom. The van der Waals surface area contributed by atoms with E-state index in [1.165, 1.54) is 12.1 Å². The van der Waals surface area contributed by atoms with Crippen molar-refractivity contribution in [3.05, 3.63) is 59.2 Å². The fraction of sp³-hybridized carbons (Fsp3) is 0.250. The molecule has 0 amide bonds. The second-order valence-electron chi connectivity index (χ2n) is 4.94. The molecule has 0 saturated heterocycles. The molecule has 1 atom stereocenters. The standard InChI is InChI=1S/C16H14F2O2/c1-10-8-20-16-7-13(4-5-14(10)16)19-9-11-2-3-12(17)6-15(11)18/h2-7,10H,8-9H2,1H3/t10-/m1/s1. The lowest BCUT2D eigenvalue weighted by Gasteiger charge is -2.09. The Labute approximate surface area is 116 Å². The lowest BCUT2D eigenvalue weighted by atomic mass is 10.0. The van der Waals surface area contributed by atoms with Crippen LogP contribution in [-0.2, 0) is 6.61 Å². The minimum atomic E-state index is -0.601. The second kappa shape index (κ2) is 5.12. The molecule has 3 rings (SSSR count). The molecule has 0 N–H and O–H groups in total. The van der Waals surface area contributed by atoms with Crippen LogP contribution in [0.1, 0.15) is 24.0 Å². The number of rotatable bonds is 3. The van der Waals surface area contributed by atoms with Crippen molar-refractivity contribution in [1.82, 2.24) is 0 Å². The minimum absolute atomic E-state index is 0.0560. The maximum absolute atomic E-state index is 13.5.